The summed E-state index contributed by atoms with van der Waals surface area (Å²) in [7, 11) is 0. The van der Waals surface area contributed by atoms with Crippen LogP contribution in [0.1, 0.15) is 36.0 Å². The zero-order chi connectivity index (χ0) is 25.2. The van der Waals surface area contributed by atoms with Crippen LogP contribution >= 0.6 is 0 Å². The number of benzene rings is 2. The van der Waals surface area contributed by atoms with Crippen LogP contribution in [0, 0.1) is 11.3 Å². The lowest BCUT2D eigenvalue weighted by Gasteiger charge is -2.41. The Hall–Kier alpha value is -4.39. The van der Waals surface area contributed by atoms with Gasteiger partial charge < -0.3 is 15.7 Å². The lowest BCUT2D eigenvalue weighted by Crippen LogP contribution is -2.61. The summed E-state index contributed by atoms with van der Waals surface area (Å²) >= 11 is 0. The van der Waals surface area contributed by atoms with Crippen molar-refractivity contribution in [3.8, 4) is 6.07 Å². The molecule has 1 atom stereocenters. The molecule has 1 aliphatic heterocycles. The SMILES string of the molecule is N#Cc1ccccc1CNC(=O)[C@@H]1CCCN(C(=O)O)N1C(=O)CCNC(=O)Cc1ccccc1. The quantitative estimate of drug-likeness (QED) is 0.529. The molecule has 2 aromatic rings. The molecule has 0 saturated carbocycles. The van der Waals surface area contributed by atoms with Gasteiger partial charge in [0, 0.05) is 26.1 Å². The average Bonchev–Trinajstić information content (AvgIpc) is 2.87. The first-order valence-electron chi connectivity index (χ1n) is 11.3. The summed E-state index contributed by atoms with van der Waals surface area (Å²) in [5, 5.41) is 26.0. The van der Waals surface area contributed by atoms with E-state index >= 15 is 0 Å². The molecule has 1 heterocycles. The molecule has 10 nitrogen and oxygen atoms in total. The van der Waals surface area contributed by atoms with Gasteiger partial charge in [0.05, 0.1) is 18.1 Å². The fourth-order valence-corrected chi connectivity index (χ4v) is 3.92. The van der Waals surface area contributed by atoms with Crippen LogP contribution < -0.4 is 10.6 Å². The number of hydrogen-bond acceptors (Lipinski definition) is 5. The second-order valence-corrected chi connectivity index (χ2v) is 8.05. The van der Waals surface area contributed by atoms with Crippen LogP contribution in [0.3, 0.4) is 0 Å². The molecule has 1 fully saturated rings. The second kappa shape index (κ2) is 12.2. The Bertz CT molecular complexity index is 1110. The number of nitrogens with zero attached hydrogens (tertiary/aromatic N) is 3. The first-order valence-corrected chi connectivity index (χ1v) is 11.3. The zero-order valence-corrected chi connectivity index (χ0v) is 19.1. The minimum atomic E-state index is -1.33. The van der Waals surface area contributed by atoms with Crippen molar-refractivity contribution in [1.29, 1.82) is 5.26 Å². The van der Waals surface area contributed by atoms with Crippen LogP contribution in [0.5, 0.6) is 0 Å². The van der Waals surface area contributed by atoms with Crippen LogP contribution in [-0.2, 0) is 27.3 Å². The van der Waals surface area contributed by atoms with Crippen LogP contribution in [0.25, 0.3) is 0 Å². The van der Waals surface area contributed by atoms with E-state index in [1.165, 1.54) is 0 Å². The zero-order valence-electron chi connectivity index (χ0n) is 19.1. The maximum Gasteiger partial charge on any atom is 0.426 e. The van der Waals surface area contributed by atoms with Gasteiger partial charge in [0.15, 0.2) is 0 Å². The van der Waals surface area contributed by atoms with E-state index in [0.29, 0.717) is 24.0 Å². The molecular weight excluding hydrogens is 450 g/mol. The number of rotatable bonds is 8. The lowest BCUT2D eigenvalue weighted by atomic mass is 10.1. The van der Waals surface area contributed by atoms with Gasteiger partial charge in [-0.3, -0.25) is 14.4 Å². The van der Waals surface area contributed by atoms with Crippen molar-refractivity contribution in [1.82, 2.24) is 20.7 Å². The molecule has 0 unspecified atom stereocenters. The molecule has 10 heteroatoms. The van der Waals surface area contributed by atoms with E-state index in [-0.39, 0.29) is 38.4 Å². The Kier molecular flexibility index (Phi) is 8.78. The maximum atomic E-state index is 13.0. The Morgan fingerprint density at radius 3 is 2.46 bits per heavy atom. The Morgan fingerprint density at radius 1 is 1.03 bits per heavy atom. The fourth-order valence-electron chi connectivity index (χ4n) is 3.92. The van der Waals surface area contributed by atoms with E-state index in [1.54, 1.807) is 24.3 Å². The Morgan fingerprint density at radius 2 is 1.74 bits per heavy atom. The number of hydrogen-bond donors (Lipinski definition) is 3. The summed E-state index contributed by atoms with van der Waals surface area (Å²) in [6.45, 7) is 0.171. The van der Waals surface area contributed by atoms with Crippen molar-refractivity contribution in [2.24, 2.45) is 0 Å². The van der Waals surface area contributed by atoms with Crippen molar-refractivity contribution >= 4 is 23.8 Å². The molecule has 0 aliphatic carbocycles. The van der Waals surface area contributed by atoms with Gasteiger partial charge in [-0.25, -0.2) is 14.8 Å². The van der Waals surface area contributed by atoms with Gasteiger partial charge in [-0.1, -0.05) is 48.5 Å². The minimum Gasteiger partial charge on any atom is -0.464 e. The molecule has 2 aromatic carbocycles. The number of carbonyl (C=O) groups is 4. The van der Waals surface area contributed by atoms with Crippen LogP contribution in [0.2, 0.25) is 0 Å². The van der Waals surface area contributed by atoms with E-state index in [4.69, 9.17) is 0 Å². The van der Waals surface area contributed by atoms with Crippen LogP contribution in [-0.4, -0.2) is 58.1 Å². The van der Waals surface area contributed by atoms with E-state index in [1.807, 2.05) is 30.3 Å². The average molecular weight is 478 g/mol. The number of nitriles is 1. The number of nitrogens with one attached hydrogen (secondary N) is 2. The molecule has 3 N–H and O–H groups in total. The normalized spacial score (nSPS) is 15.1. The monoisotopic (exact) mass is 477 g/mol. The van der Waals surface area contributed by atoms with E-state index in [2.05, 4.69) is 16.7 Å². The predicted octanol–water partition coefficient (Wildman–Crippen LogP) is 1.81. The van der Waals surface area contributed by atoms with Crippen molar-refractivity contribution in [2.45, 2.75) is 38.3 Å². The smallest absolute Gasteiger partial charge is 0.426 e. The third-order valence-electron chi connectivity index (χ3n) is 5.64. The third kappa shape index (κ3) is 6.80. The summed E-state index contributed by atoms with van der Waals surface area (Å²) in [6.07, 6.45) is -0.627. The molecule has 35 heavy (non-hydrogen) atoms. The van der Waals surface area contributed by atoms with Crippen molar-refractivity contribution < 1.29 is 24.3 Å². The fraction of sp³-hybridized carbons (Fsp3) is 0.320. The molecule has 0 spiro atoms. The van der Waals surface area contributed by atoms with Gasteiger partial charge >= 0.3 is 6.09 Å². The highest BCUT2D eigenvalue weighted by atomic mass is 16.4. The molecular formula is C25H27N5O5. The van der Waals surface area contributed by atoms with Gasteiger partial charge in [0.1, 0.15) is 6.04 Å². The molecule has 1 saturated heterocycles. The van der Waals surface area contributed by atoms with Gasteiger partial charge in [0.25, 0.3) is 0 Å². The Labute approximate surface area is 203 Å². The summed E-state index contributed by atoms with van der Waals surface area (Å²) in [5.41, 5.74) is 1.87. The van der Waals surface area contributed by atoms with E-state index in [0.717, 1.165) is 15.6 Å². The summed E-state index contributed by atoms with van der Waals surface area (Å²) < 4.78 is 0. The molecule has 4 amide bonds. The van der Waals surface area contributed by atoms with Gasteiger partial charge in [-0.2, -0.15) is 5.26 Å². The third-order valence-corrected chi connectivity index (χ3v) is 5.64. The van der Waals surface area contributed by atoms with Crippen molar-refractivity contribution in [3.63, 3.8) is 0 Å². The minimum absolute atomic E-state index is 0.0122. The first-order chi connectivity index (χ1) is 16.9. The molecule has 0 bridgehead atoms. The van der Waals surface area contributed by atoms with Crippen molar-refractivity contribution in [2.75, 3.05) is 13.1 Å². The van der Waals surface area contributed by atoms with E-state index < -0.39 is 23.9 Å². The standard InChI is InChI=1S/C25H27N5O5/c26-16-19-9-4-5-10-20(19)17-28-24(33)21-11-6-14-29(25(34)35)30(21)23(32)12-13-27-22(31)15-18-7-2-1-3-8-18/h1-5,7-10,21H,6,11-15,17H2,(H,27,31)(H,28,33)(H,34,35)/t21-/m0/s1. The molecule has 0 radical (unpaired) electrons. The number of carbonyl (C=O) groups excluding carboxylic acids is 3. The van der Waals surface area contributed by atoms with Gasteiger partial charge in [-0.05, 0) is 30.0 Å². The highest BCUT2D eigenvalue weighted by molar-refractivity contribution is 5.89. The Balaban J connectivity index is 1.61. The van der Waals surface area contributed by atoms with Gasteiger partial charge in [0.2, 0.25) is 17.7 Å². The molecule has 0 aromatic heterocycles. The molecule has 1 aliphatic rings. The largest absolute Gasteiger partial charge is 0.464 e. The van der Waals surface area contributed by atoms with Crippen molar-refractivity contribution in [3.05, 3.63) is 71.3 Å². The summed E-state index contributed by atoms with van der Waals surface area (Å²) in [6, 6.07) is 17.0. The topological polar surface area (TPSA) is 143 Å². The maximum absolute atomic E-state index is 13.0. The highest BCUT2D eigenvalue weighted by Crippen LogP contribution is 2.20. The predicted molar refractivity (Wildman–Crippen MR) is 125 cm³/mol. The summed E-state index contributed by atoms with van der Waals surface area (Å²) in [4.78, 5) is 49.9. The van der Waals surface area contributed by atoms with E-state index in [9.17, 15) is 29.5 Å². The molecule has 3 rings (SSSR count). The van der Waals surface area contributed by atoms with Crippen LogP contribution in [0.4, 0.5) is 4.79 Å². The number of amides is 4. The molecule has 182 valence electrons. The van der Waals surface area contributed by atoms with Gasteiger partial charge in [-0.15, -0.1) is 0 Å². The number of hydrazine groups is 1. The van der Waals surface area contributed by atoms with Crippen LogP contribution in [0.15, 0.2) is 54.6 Å². The first kappa shape index (κ1) is 25.2. The second-order valence-electron chi connectivity index (χ2n) is 8.05. The number of carboxylic acid groups (broad SMARTS) is 1. The lowest BCUT2D eigenvalue weighted by molar-refractivity contribution is -0.162. The highest BCUT2D eigenvalue weighted by Gasteiger charge is 2.39. The summed E-state index contributed by atoms with van der Waals surface area (Å²) in [5.74, 6) is -1.35.